The molecule has 2 aromatic heterocycles. The summed E-state index contributed by atoms with van der Waals surface area (Å²) in [5.74, 6) is 0. The standard InChI is InChI=1S/C27H25N5O/c28-18-21-16-20(4-7-26(21)32-10-1-11-32)23-8-9-29-27-24(23)17-25(30-27)19-2-5-22(6-3-19)31-12-14-33-15-13-31/h2-9,16-17H,1,10-15H2,(H,29,30). The SMILES string of the molecule is N#Cc1cc(-c2ccnc3[nH]c(-c4ccc(N5CCOCC5)cc4)cc23)ccc1N1CCC1. The maximum atomic E-state index is 9.74. The molecule has 6 nitrogen and oxygen atoms in total. The third-order valence-electron chi connectivity index (χ3n) is 6.71. The predicted octanol–water partition coefficient (Wildman–Crippen LogP) is 4.82. The highest BCUT2D eigenvalue weighted by Crippen LogP contribution is 2.35. The van der Waals surface area contributed by atoms with Crippen LogP contribution in [0.15, 0.2) is 60.8 Å². The van der Waals surface area contributed by atoms with E-state index in [0.29, 0.717) is 0 Å². The number of hydrogen-bond acceptors (Lipinski definition) is 5. The molecule has 0 amide bonds. The topological polar surface area (TPSA) is 68.2 Å². The lowest BCUT2D eigenvalue weighted by Crippen LogP contribution is -2.37. The van der Waals surface area contributed by atoms with Gasteiger partial charge in [0, 0.05) is 49.1 Å². The first kappa shape index (κ1) is 19.8. The number of hydrogen-bond donors (Lipinski definition) is 1. The van der Waals surface area contributed by atoms with E-state index < -0.39 is 0 Å². The lowest BCUT2D eigenvalue weighted by atomic mass is 9.99. The van der Waals surface area contributed by atoms with Crippen LogP contribution in [-0.2, 0) is 4.74 Å². The van der Waals surface area contributed by atoms with Gasteiger partial charge in [-0.05, 0) is 59.5 Å². The van der Waals surface area contributed by atoms with E-state index in [4.69, 9.17) is 4.74 Å². The fraction of sp³-hybridized carbons (Fsp3) is 0.259. The number of ether oxygens (including phenoxy) is 1. The third-order valence-corrected chi connectivity index (χ3v) is 6.71. The minimum Gasteiger partial charge on any atom is -0.378 e. The number of aromatic nitrogens is 2. The van der Waals surface area contributed by atoms with Crippen LogP contribution in [0.2, 0.25) is 0 Å². The first-order chi connectivity index (χ1) is 16.3. The van der Waals surface area contributed by atoms with Gasteiger partial charge in [0.2, 0.25) is 0 Å². The Kier molecular flexibility index (Phi) is 4.97. The highest BCUT2D eigenvalue weighted by Gasteiger charge is 2.19. The van der Waals surface area contributed by atoms with Crippen molar-refractivity contribution in [2.45, 2.75) is 6.42 Å². The lowest BCUT2D eigenvalue weighted by molar-refractivity contribution is 0.122. The van der Waals surface area contributed by atoms with Gasteiger partial charge in [-0.3, -0.25) is 0 Å². The monoisotopic (exact) mass is 435 g/mol. The number of benzene rings is 2. The van der Waals surface area contributed by atoms with Crippen molar-refractivity contribution in [3.05, 3.63) is 66.4 Å². The molecule has 2 aliphatic heterocycles. The summed E-state index contributed by atoms with van der Waals surface area (Å²) < 4.78 is 5.46. The number of pyridine rings is 1. The van der Waals surface area contributed by atoms with Gasteiger partial charge in [-0.1, -0.05) is 18.2 Å². The summed E-state index contributed by atoms with van der Waals surface area (Å²) in [4.78, 5) is 12.7. The molecule has 164 valence electrons. The quantitative estimate of drug-likeness (QED) is 0.498. The van der Waals surface area contributed by atoms with Crippen LogP contribution in [0, 0.1) is 11.3 Å². The lowest BCUT2D eigenvalue weighted by Gasteiger charge is -2.33. The Morgan fingerprint density at radius 2 is 1.67 bits per heavy atom. The van der Waals surface area contributed by atoms with Crippen LogP contribution in [-0.4, -0.2) is 49.4 Å². The van der Waals surface area contributed by atoms with Crippen molar-refractivity contribution in [3.63, 3.8) is 0 Å². The molecule has 0 saturated carbocycles. The minimum absolute atomic E-state index is 0.728. The molecule has 0 atom stereocenters. The van der Waals surface area contributed by atoms with E-state index >= 15 is 0 Å². The van der Waals surface area contributed by atoms with Crippen LogP contribution in [0.4, 0.5) is 11.4 Å². The summed E-state index contributed by atoms with van der Waals surface area (Å²) in [7, 11) is 0. The summed E-state index contributed by atoms with van der Waals surface area (Å²) in [5.41, 5.74) is 8.13. The second-order valence-corrected chi connectivity index (χ2v) is 8.63. The van der Waals surface area contributed by atoms with Crippen molar-refractivity contribution in [2.75, 3.05) is 49.2 Å². The summed E-state index contributed by atoms with van der Waals surface area (Å²) in [6.45, 7) is 5.48. The van der Waals surface area contributed by atoms with Gasteiger partial charge in [0.15, 0.2) is 0 Å². The summed E-state index contributed by atoms with van der Waals surface area (Å²) >= 11 is 0. The van der Waals surface area contributed by atoms with Crippen molar-refractivity contribution in [3.8, 4) is 28.5 Å². The largest absolute Gasteiger partial charge is 0.378 e. The summed E-state index contributed by atoms with van der Waals surface area (Å²) in [6, 6.07) is 21.5. The van der Waals surface area contributed by atoms with Crippen LogP contribution in [0.3, 0.4) is 0 Å². The number of nitrogens with zero attached hydrogens (tertiary/aromatic N) is 4. The number of nitrogens with one attached hydrogen (secondary N) is 1. The molecular weight excluding hydrogens is 410 g/mol. The van der Waals surface area contributed by atoms with E-state index in [0.717, 1.165) is 84.1 Å². The number of morpholine rings is 1. The molecule has 4 aromatic rings. The molecule has 2 aromatic carbocycles. The summed E-state index contributed by atoms with van der Waals surface area (Å²) in [5, 5.41) is 10.8. The van der Waals surface area contributed by atoms with Crippen LogP contribution >= 0.6 is 0 Å². The number of H-pyrrole nitrogens is 1. The minimum atomic E-state index is 0.728. The number of anilines is 2. The Morgan fingerprint density at radius 3 is 2.39 bits per heavy atom. The molecule has 0 spiro atoms. The molecule has 2 saturated heterocycles. The average molecular weight is 436 g/mol. The Balaban J connectivity index is 1.34. The second-order valence-electron chi connectivity index (χ2n) is 8.63. The first-order valence-corrected chi connectivity index (χ1v) is 11.5. The van der Waals surface area contributed by atoms with Gasteiger partial charge in [-0.2, -0.15) is 5.26 Å². The molecular formula is C27H25N5O. The molecule has 0 radical (unpaired) electrons. The van der Waals surface area contributed by atoms with Crippen molar-refractivity contribution < 1.29 is 4.74 Å². The fourth-order valence-electron chi connectivity index (χ4n) is 4.73. The van der Waals surface area contributed by atoms with Crippen LogP contribution < -0.4 is 9.80 Å². The van der Waals surface area contributed by atoms with Gasteiger partial charge >= 0.3 is 0 Å². The van der Waals surface area contributed by atoms with Crippen molar-refractivity contribution in [1.82, 2.24) is 9.97 Å². The zero-order valence-corrected chi connectivity index (χ0v) is 18.4. The second kappa shape index (κ2) is 8.27. The first-order valence-electron chi connectivity index (χ1n) is 11.5. The number of fused-ring (bicyclic) bond motifs is 1. The molecule has 2 fully saturated rings. The zero-order valence-electron chi connectivity index (χ0n) is 18.4. The van der Waals surface area contributed by atoms with Crippen LogP contribution in [0.5, 0.6) is 0 Å². The number of nitriles is 1. The zero-order chi connectivity index (χ0) is 22.2. The van der Waals surface area contributed by atoms with Gasteiger partial charge < -0.3 is 19.5 Å². The van der Waals surface area contributed by atoms with Crippen LogP contribution in [0.1, 0.15) is 12.0 Å². The van der Waals surface area contributed by atoms with E-state index in [1.807, 2.05) is 18.3 Å². The van der Waals surface area contributed by atoms with E-state index in [1.165, 1.54) is 12.1 Å². The average Bonchev–Trinajstić information content (AvgIpc) is 3.28. The van der Waals surface area contributed by atoms with E-state index in [9.17, 15) is 5.26 Å². The molecule has 33 heavy (non-hydrogen) atoms. The Labute approximate surface area is 193 Å². The molecule has 0 unspecified atom stereocenters. The van der Waals surface area contributed by atoms with Gasteiger partial charge in [-0.25, -0.2) is 4.98 Å². The predicted molar refractivity (Wildman–Crippen MR) is 132 cm³/mol. The third kappa shape index (κ3) is 3.61. The molecule has 1 N–H and O–H groups in total. The Morgan fingerprint density at radius 1 is 0.879 bits per heavy atom. The smallest absolute Gasteiger partial charge is 0.138 e. The van der Waals surface area contributed by atoms with Crippen LogP contribution in [0.25, 0.3) is 33.4 Å². The van der Waals surface area contributed by atoms with Gasteiger partial charge in [0.25, 0.3) is 0 Å². The maximum absolute atomic E-state index is 9.74. The summed E-state index contributed by atoms with van der Waals surface area (Å²) in [6.07, 6.45) is 3.02. The van der Waals surface area contributed by atoms with E-state index in [-0.39, 0.29) is 0 Å². The van der Waals surface area contributed by atoms with Gasteiger partial charge in [-0.15, -0.1) is 0 Å². The van der Waals surface area contributed by atoms with Gasteiger partial charge in [0.1, 0.15) is 11.7 Å². The van der Waals surface area contributed by atoms with Crippen molar-refractivity contribution in [2.24, 2.45) is 0 Å². The molecule has 6 heteroatoms. The molecule has 2 aliphatic rings. The maximum Gasteiger partial charge on any atom is 0.138 e. The number of aromatic amines is 1. The van der Waals surface area contributed by atoms with Crippen molar-refractivity contribution in [1.29, 1.82) is 5.26 Å². The Bertz CT molecular complexity index is 1340. The van der Waals surface area contributed by atoms with E-state index in [1.54, 1.807) is 0 Å². The fourth-order valence-corrected chi connectivity index (χ4v) is 4.73. The Hall–Kier alpha value is -3.82. The normalized spacial score (nSPS) is 16.0. The van der Waals surface area contributed by atoms with Gasteiger partial charge in [0.05, 0.1) is 24.5 Å². The van der Waals surface area contributed by atoms with Crippen molar-refractivity contribution >= 4 is 22.4 Å². The molecule has 0 aliphatic carbocycles. The molecule has 4 heterocycles. The van der Waals surface area contributed by atoms with E-state index in [2.05, 4.69) is 68.3 Å². The molecule has 6 rings (SSSR count). The highest BCUT2D eigenvalue weighted by atomic mass is 16.5. The molecule has 0 bridgehead atoms. The number of rotatable bonds is 4. The highest BCUT2D eigenvalue weighted by molar-refractivity contribution is 5.96.